The average molecular weight is 413 g/mol. The molecule has 0 heteroatoms. The van der Waals surface area contributed by atoms with E-state index in [1.165, 1.54) is 90.3 Å². The molecule has 2 aliphatic rings. The van der Waals surface area contributed by atoms with Crippen LogP contribution in [0.3, 0.4) is 0 Å². The van der Waals surface area contributed by atoms with Gasteiger partial charge in [0.05, 0.1) is 0 Å². The zero-order valence-electron chi connectivity index (χ0n) is 19.8. The number of allylic oxidation sites excluding steroid dienone is 2. The van der Waals surface area contributed by atoms with E-state index in [1.807, 2.05) is 0 Å². The Bertz CT molecular complexity index is 923. The summed E-state index contributed by atoms with van der Waals surface area (Å²) in [6.45, 7) is 13.1. The second-order valence-corrected chi connectivity index (χ2v) is 10.3. The first-order chi connectivity index (χ1) is 15.0. The largest absolute Gasteiger partial charge is 0.0992 e. The zero-order valence-corrected chi connectivity index (χ0v) is 19.8. The number of benzene rings is 2. The van der Waals surface area contributed by atoms with Gasteiger partial charge in [0.15, 0.2) is 0 Å². The summed E-state index contributed by atoms with van der Waals surface area (Å²) in [4.78, 5) is 0. The molecule has 2 fully saturated rings. The Morgan fingerprint density at radius 2 is 1.65 bits per heavy atom. The van der Waals surface area contributed by atoms with Gasteiger partial charge in [0.1, 0.15) is 0 Å². The van der Waals surface area contributed by atoms with Gasteiger partial charge in [0, 0.05) is 5.92 Å². The molecule has 0 N–H and O–H groups in total. The standard InChI is InChI=1S/C31H40/c1-22-18-25(4)30(21-27-10-6-5-7-11-27)31(19-22)28-14-8-12-26(20-28)13-9-15-29-23(2)16-17-24(29)3/h8,12,14,18-20,27,29H,2-3,5-7,9-11,13,15-17,21H2,1,4H3. The SMILES string of the molecule is C=C1CCC(=C)C1CCCc1cccc(-c2cc(C)cc(C)c2CC2CCCCC2)c1. The molecule has 2 aromatic carbocycles. The van der Waals surface area contributed by atoms with Crippen LogP contribution in [0.1, 0.15) is 80.0 Å². The summed E-state index contributed by atoms with van der Waals surface area (Å²) in [6, 6.07) is 14.2. The van der Waals surface area contributed by atoms with E-state index in [0.29, 0.717) is 5.92 Å². The van der Waals surface area contributed by atoms with Crippen LogP contribution in [-0.2, 0) is 12.8 Å². The highest BCUT2D eigenvalue weighted by atomic mass is 14.3. The molecular weight excluding hydrogens is 372 g/mol. The molecule has 0 saturated heterocycles. The molecule has 2 aromatic rings. The molecule has 0 aliphatic heterocycles. The van der Waals surface area contributed by atoms with Crippen LogP contribution in [0.2, 0.25) is 0 Å². The van der Waals surface area contributed by atoms with Crippen molar-refractivity contribution in [3.63, 3.8) is 0 Å². The Morgan fingerprint density at radius 3 is 2.39 bits per heavy atom. The van der Waals surface area contributed by atoms with Gasteiger partial charge < -0.3 is 0 Å². The predicted octanol–water partition coefficient (Wildman–Crippen LogP) is 8.94. The third kappa shape index (κ3) is 5.40. The first-order valence-electron chi connectivity index (χ1n) is 12.6. The van der Waals surface area contributed by atoms with Crippen molar-refractivity contribution in [1.29, 1.82) is 0 Å². The minimum Gasteiger partial charge on any atom is -0.0992 e. The molecule has 2 aliphatic carbocycles. The highest BCUT2D eigenvalue weighted by molar-refractivity contribution is 5.70. The smallest absolute Gasteiger partial charge is 0.000188 e. The van der Waals surface area contributed by atoms with Crippen molar-refractivity contribution in [3.05, 3.63) is 83.0 Å². The Morgan fingerprint density at radius 1 is 0.903 bits per heavy atom. The third-order valence-corrected chi connectivity index (χ3v) is 7.78. The Hall–Kier alpha value is -2.08. The van der Waals surface area contributed by atoms with Gasteiger partial charge in [-0.3, -0.25) is 0 Å². The second kappa shape index (κ2) is 10.0. The fraction of sp³-hybridized carbons (Fsp3) is 0.484. The summed E-state index contributed by atoms with van der Waals surface area (Å²) in [5, 5.41) is 0. The molecule has 0 radical (unpaired) electrons. The van der Waals surface area contributed by atoms with Crippen LogP contribution in [0.4, 0.5) is 0 Å². The van der Waals surface area contributed by atoms with Gasteiger partial charge in [-0.1, -0.05) is 98.4 Å². The van der Waals surface area contributed by atoms with Gasteiger partial charge in [0.2, 0.25) is 0 Å². The van der Waals surface area contributed by atoms with Gasteiger partial charge in [-0.2, -0.15) is 0 Å². The lowest BCUT2D eigenvalue weighted by Gasteiger charge is -2.24. The lowest BCUT2D eigenvalue weighted by molar-refractivity contribution is 0.356. The lowest BCUT2D eigenvalue weighted by atomic mass is 9.81. The lowest BCUT2D eigenvalue weighted by Crippen LogP contribution is -2.11. The van der Waals surface area contributed by atoms with Gasteiger partial charge in [-0.25, -0.2) is 0 Å². The van der Waals surface area contributed by atoms with E-state index in [-0.39, 0.29) is 0 Å². The van der Waals surface area contributed by atoms with Crippen molar-refractivity contribution in [1.82, 2.24) is 0 Å². The van der Waals surface area contributed by atoms with Crippen molar-refractivity contribution in [3.8, 4) is 11.1 Å². The van der Waals surface area contributed by atoms with E-state index < -0.39 is 0 Å². The van der Waals surface area contributed by atoms with Gasteiger partial charge >= 0.3 is 0 Å². The van der Waals surface area contributed by atoms with Crippen molar-refractivity contribution < 1.29 is 0 Å². The maximum Gasteiger partial charge on any atom is 0.000188 e. The normalized spacial score (nSPS) is 18.1. The van der Waals surface area contributed by atoms with E-state index in [4.69, 9.17) is 0 Å². The molecule has 0 nitrogen and oxygen atoms in total. The molecular formula is C31H40. The molecule has 31 heavy (non-hydrogen) atoms. The molecule has 0 atom stereocenters. The first-order valence-corrected chi connectivity index (χ1v) is 12.6. The average Bonchev–Trinajstić information content (AvgIpc) is 3.08. The van der Waals surface area contributed by atoms with E-state index in [9.17, 15) is 0 Å². The van der Waals surface area contributed by atoms with Crippen LogP contribution in [0.5, 0.6) is 0 Å². The van der Waals surface area contributed by atoms with E-state index in [0.717, 1.165) is 25.2 Å². The van der Waals surface area contributed by atoms with Crippen molar-refractivity contribution >= 4 is 0 Å². The second-order valence-electron chi connectivity index (χ2n) is 10.3. The minimum absolute atomic E-state index is 0.560. The summed E-state index contributed by atoms with van der Waals surface area (Å²) in [6.07, 6.45) is 14.2. The van der Waals surface area contributed by atoms with Crippen molar-refractivity contribution in [2.75, 3.05) is 0 Å². The van der Waals surface area contributed by atoms with Crippen molar-refractivity contribution in [2.45, 2.75) is 84.5 Å². The predicted molar refractivity (Wildman–Crippen MR) is 136 cm³/mol. The topological polar surface area (TPSA) is 0 Å². The van der Waals surface area contributed by atoms with E-state index in [2.05, 4.69) is 63.4 Å². The van der Waals surface area contributed by atoms with Gasteiger partial charge in [-0.05, 0) is 86.1 Å². The van der Waals surface area contributed by atoms with Gasteiger partial charge in [-0.15, -0.1) is 0 Å². The quantitative estimate of drug-likeness (QED) is 0.398. The molecule has 0 heterocycles. The highest BCUT2D eigenvalue weighted by Gasteiger charge is 2.22. The van der Waals surface area contributed by atoms with Crippen LogP contribution < -0.4 is 0 Å². The van der Waals surface area contributed by atoms with Crippen LogP contribution in [0.15, 0.2) is 60.7 Å². The summed E-state index contributed by atoms with van der Waals surface area (Å²) in [5.74, 6) is 1.43. The molecule has 0 unspecified atom stereocenters. The van der Waals surface area contributed by atoms with E-state index >= 15 is 0 Å². The fourth-order valence-corrected chi connectivity index (χ4v) is 5.98. The van der Waals surface area contributed by atoms with Gasteiger partial charge in [0.25, 0.3) is 0 Å². The van der Waals surface area contributed by atoms with Crippen LogP contribution in [0.25, 0.3) is 11.1 Å². The number of aryl methyl sites for hydroxylation is 3. The molecule has 0 spiro atoms. The molecule has 0 bridgehead atoms. The zero-order chi connectivity index (χ0) is 21.8. The third-order valence-electron chi connectivity index (χ3n) is 7.78. The molecule has 2 saturated carbocycles. The Kier molecular flexibility index (Phi) is 7.16. The minimum atomic E-state index is 0.560. The Balaban J connectivity index is 1.51. The first kappa shape index (κ1) is 22.1. The molecule has 164 valence electrons. The monoisotopic (exact) mass is 412 g/mol. The van der Waals surface area contributed by atoms with E-state index in [1.54, 1.807) is 5.56 Å². The van der Waals surface area contributed by atoms with Crippen LogP contribution >= 0.6 is 0 Å². The van der Waals surface area contributed by atoms with Crippen LogP contribution in [0, 0.1) is 25.7 Å². The molecule has 0 aromatic heterocycles. The molecule has 4 rings (SSSR count). The fourth-order valence-electron chi connectivity index (χ4n) is 5.98. The summed E-state index contributed by atoms with van der Waals surface area (Å²) in [7, 11) is 0. The summed E-state index contributed by atoms with van der Waals surface area (Å²) >= 11 is 0. The van der Waals surface area contributed by atoms with Crippen LogP contribution in [-0.4, -0.2) is 0 Å². The highest BCUT2D eigenvalue weighted by Crippen LogP contribution is 2.37. The Labute approximate surface area is 190 Å². The maximum absolute atomic E-state index is 4.28. The maximum atomic E-state index is 4.28. The van der Waals surface area contributed by atoms with Crippen molar-refractivity contribution in [2.24, 2.45) is 11.8 Å². The summed E-state index contributed by atoms with van der Waals surface area (Å²) in [5.41, 5.74) is 11.6. The number of rotatable bonds is 7. The molecule has 0 amide bonds. The number of hydrogen-bond donors (Lipinski definition) is 0. The number of hydrogen-bond acceptors (Lipinski definition) is 0. The summed E-state index contributed by atoms with van der Waals surface area (Å²) < 4.78 is 0.